The van der Waals surface area contributed by atoms with Crippen LogP contribution in [0.1, 0.15) is 5.69 Å². The van der Waals surface area contributed by atoms with E-state index in [1.54, 1.807) is 18.3 Å². The second kappa shape index (κ2) is 7.13. The fraction of sp³-hybridized carbons (Fsp3) is 0.0500. The highest BCUT2D eigenvalue weighted by Gasteiger charge is 2.10. The van der Waals surface area contributed by atoms with Crippen LogP contribution < -0.4 is 10.6 Å². The summed E-state index contributed by atoms with van der Waals surface area (Å²) in [4.78, 5) is 4.28. The van der Waals surface area contributed by atoms with Gasteiger partial charge in [0.05, 0.1) is 0 Å². The van der Waals surface area contributed by atoms with E-state index in [9.17, 15) is 4.39 Å². The Balaban J connectivity index is 1.52. The lowest BCUT2D eigenvalue weighted by molar-refractivity contribution is 0.628. The average Bonchev–Trinajstić information content (AvgIpc) is 3.04. The maximum absolute atomic E-state index is 13.3. The molecule has 0 saturated heterocycles. The maximum atomic E-state index is 13.3. The van der Waals surface area contributed by atoms with Crippen molar-refractivity contribution in [3.8, 4) is 11.1 Å². The van der Waals surface area contributed by atoms with E-state index in [0.29, 0.717) is 16.4 Å². The number of nitrogens with zero attached hydrogens (tertiary/aromatic N) is 2. The van der Waals surface area contributed by atoms with E-state index in [4.69, 9.17) is 12.2 Å². The van der Waals surface area contributed by atoms with Crippen molar-refractivity contribution in [2.24, 2.45) is 0 Å². The summed E-state index contributed by atoms with van der Waals surface area (Å²) >= 11 is 5.29. The number of pyridine rings is 1. The first-order chi connectivity index (χ1) is 13.1. The van der Waals surface area contributed by atoms with Gasteiger partial charge in [0.25, 0.3) is 0 Å². The zero-order valence-corrected chi connectivity index (χ0v) is 15.3. The van der Waals surface area contributed by atoms with Gasteiger partial charge < -0.3 is 10.6 Å². The lowest BCUT2D eigenvalue weighted by Crippen LogP contribution is -2.19. The molecule has 0 amide bonds. The lowest BCUT2D eigenvalue weighted by atomic mass is 10.0. The largest absolute Gasteiger partial charge is 0.332 e. The number of nitrogens with one attached hydrogen (secondary N) is 3. The molecule has 0 aliphatic rings. The Morgan fingerprint density at radius 2 is 1.81 bits per heavy atom. The van der Waals surface area contributed by atoms with E-state index in [-0.39, 0.29) is 5.82 Å². The molecule has 0 atom stereocenters. The van der Waals surface area contributed by atoms with Crippen LogP contribution in [0, 0.1) is 12.7 Å². The highest BCUT2D eigenvalue weighted by atomic mass is 32.1. The number of hydrogen-bond donors (Lipinski definition) is 3. The number of thiocarbonyl (C=S) groups is 1. The summed E-state index contributed by atoms with van der Waals surface area (Å²) in [7, 11) is 0. The Morgan fingerprint density at radius 3 is 2.59 bits per heavy atom. The van der Waals surface area contributed by atoms with E-state index >= 15 is 0 Å². The molecule has 4 rings (SSSR count). The number of benzene rings is 2. The molecular formula is C20H16FN5S. The van der Waals surface area contributed by atoms with Crippen LogP contribution in [-0.2, 0) is 0 Å². The standard InChI is InChI=1S/C20H16FN5S/c1-12-18-17(9-10-22-19(18)26-25-12)13-5-7-15(8-6-13)23-20(27)24-16-4-2-3-14(21)11-16/h2-11H,1H3,(H,22,25,26)(H2,23,24,27). The molecule has 0 bridgehead atoms. The SMILES string of the molecule is Cc1[nH]nc2nccc(-c3ccc(NC(=S)Nc4cccc(F)c4)cc3)c12. The number of halogens is 1. The van der Waals surface area contributed by atoms with Gasteiger partial charge >= 0.3 is 0 Å². The monoisotopic (exact) mass is 377 g/mol. The Labute approximate surface area is 160 Å². The summed E-state index contributed by atoms with van der Waals surface area (Å²) < 4.78 is 13.3. The first-order valence-corrected chi connectivity index (χ1v) is 8.75. The van der Waals surface area contributed by atoms with Gasteiger partial charge in [-0.3, -0.25) is 5.10 Å². The van der Waals surface area contributed by atoms with Crippen molar-refractivity contribution < 1.29 is 4.39 Å². The second-order valence-corrected chi connectivity index (χ2v) is 6.48. The van der Waals surface area contributed by atoms with Gasteiger partial charge in [-0.25, -0.2) is 9.37 Å². The summed E-state index contributed by atoms with van der Waals surface area (Å²) in [5.41, 5.74) is 5.24. The van der Waals surface area contributed by atoms with E-state index in [2.05, 4.69) is 25.8 Å². The first kappa shape index (κ1) is 17.1. The first-order valence-electron chi connectivity index (χ1n) is 8.34. The summed E-state index contributed by atoms with van der Waals surface area (Å²) in [6, 6.07) is 16.0. The number of aromatic nitrogens is 3. The number of anilines is 2. The molecule has 7 heteroatoms. The van der Waals surface area contributed by atoms with Gasteiger partial charge in [0.1, 0.15) is 5.82 Å². The molecule has 0 radical (unpaired) electrons. The minimum atomic E-state index is -0.314. The molecule has 0 saturated carbocycles. The Morgan fingerprint density at radius 1 is 1.04 bits per heavy atom. The summed E-state index contributed by atoms with van der Waals surface area (Å²) in [5.74, 6) is -0.314. The van der Waals surface area contributed by atoms with E-state index in [1.807, 2.05) is 37.3 Å². The predicted molar refractivity (Wildman–Crippen MR) is 110 cm³/mol. The van der Waals surface area contributed by atoms with E-state index in [1.165, 1.54) is 12.1 Å². The van der Waals surface area contributed by atoms with Gasteiger partial charge in [-0.1, -0.05) is 18.2 Å². The highest BCUT2D eigenvalue weighted by molar-refractivity contribution is 7.80. The third-order valence-corrected chi connectivity index (χ3v) is 4.38. The Hall–Kier alpha value is -3.32. The molecule has 134 valence electrons. The van der Waals surface area contributed by atoms with Crippen LogP contribution in [0.3, 0.4) is 0 Å². The topological polar surface area (TPSA) is 65.6 Å². The molecular weight excluding hydrogens is 361 g/mol. The second-order valence-electron chi connectivity index (χ2n) is 6.07. The average molecular weight is 377 g/mol. The number of fused-ring (bicyclic) bond motifs is 1. The molecule has 0 aliphatic heterocycles. The van der Waals surface area contributed by atoms with Crippen LogP contribution in [0.4, 0.5) is 15.8 Å². The molecule has 0 spiro atoms. The van der Waals surface area contributed by atoms with Crippen molar-refractivity contribution >= 4 is 39.7 Å². The van der Waals surface area contributed by atoms with Crippen molar-refractivity contribution in [2.75, 3.05) is 10.6 Å². The number of rotatable bonds is 3. The smallest absolute Gasteiger partial charge is 0.181 e. The zero-order valence-electron chi connectivity index (χ0n) is 14.5. The summed E-state index contributed by atoms with van der Waals surface area (Å²) in [6.07, 6.45) is 1.75. The fourth-order valence-corrected chi connectivity index (χ4v) is 3.17. The van der Waals surface area contributed by atoms with Gasteiger partial charge in [0, 0.05) is 28.7 Å². The molecule has 0 fully saturated rings. The molecule has 3 N–H and O–H groups in total. The molecule has 5 nitrogen and oxygen atoms in total. The zero-order chi connectivity index (χ0) is 18.8. The van der Waals surface area contributed by atoms with Crippen molar-refractivity contribution in [2.45, 2.75) is 6.92 Å². The van der Waals surface area contributed by atoms with E-state index < -0.39 is 0 Å². The minimum absolute atomic E-state index is 0.314. The predicted octanol–water partition coefficient (Wildman–Crippen LogP) is 4.88. The molecule has 0 aliphatic carbocycles. The summed E-state index contributed by atoms with van der Waals surface area (Å²) in [5, 5.41) is 14.7. The number of aryl methyl sites for hydroxylation is 1. The van der Waals surface area contributed by atoms with Gasteiger partial charge in [0.15, 0.2) is 10.8 Å². The maximum Gasteiger partial charge on any atom is 0.181 e. The molecule has 2 aromatic carbocycles. The summed E-state index contributed by atoms with van der Waals surface area (Å²) in [6.45, 7) is 1.98. The molecule has 4 aromatic rings. The van der Waals surface area contributed by atoms with Crippen LogP contribution in [0.15, 0.2) is 60.8 Å². The van der Waals surface area contributed by atoms with Crippen LogP contribution >= 0.6 is 12.2 Å². The van der Waals surface area contributed by atoms with Crippen molar-refractivity contribution in [1.29, 1.82) is 0 Å². The molecule has 2 aromatic heterocycles. The van der Waals surface area contributed by atoms with E-state index in [0.717, 1.165) is 27.9 Å². The third kappa shape index (κ3) is 3.63. The number of hydrogen-bond acceptors (Lipinski definition) is 3. The quantitative estimate of drug-likeness (QED) is 0.444. The molecule has 0 unspecified atom stereocenters. The number of H-pyrrole nitrogens is 1. The van der Waals surface area contributed by atoms with Gasteiger partial charge in [-0.2, -0.15) is 5.10 Å². The Kier molecular flexibility index (Phi) is 4.52. The third-order valence-electron chi connectivity index (χ3n) is 4.17. The van der Waals surface area contributed by atoms with Crippen LogP contribution in [0.2, 0.25) is 0 Å². The van der Waals surface area contributed by atoms with Crippen LogP contribution in [-0.4, -0.2) is 20.3 Å². The van der Waals surface area contributed by atoms with Crippen molar-refractivity contribution in [1.82, 2.24) is 15.2 Å². The van der Waals surface area contributed by atoms with Gasteiger partial charge in [0.2, 0.25) is 0 Å². The van der Waals surface area contributed by atoms with Crippen LogP contribution in [0.25, 0.3) is 22.2 Å². The highest BCUT2D eigenvalue weighted by Crippen LogP contribution is 2.29. The molecule has 2 heterocycles. The van der Waals surface area contributed by atoms with Crippen molar-refractivity contribution in [3.63, 3.8) is 0 Å². The number of aromatic amines is 1. The van der Waals surface area contributed by atoms with Gasteiger partial charge in [-0.05, 0) is 66.7 Å². The fourth-order valence-electron chi connectivity index (χ4n) is 2.93. The normalized spacial score (nSPS) is 10.7. The minimum Gasteiger partial charge on any atom is -0.332 e. The Bertz CT molecular complexity index is 1120. The van der Waals surface area contributed by atoms with Crippen LogP contribution in [0.5, 0.6) is 0 Å². The van der Waals surface area contributed by atoms with Crippen molar-refractivity contribution in [3.05, 3.63) is 72.3 Å². The molecule has 27 heavy (non-hydrogen) atoms. The lowest BCUT2D eigenvalue weighted by Gasteiger charge is -2.11. The van der Waals surface area contributed by atoms with Gasteiger partial charge in [-0.15, -0.1) is 0 Å².